The number of nitrogens with zero attached hydrogens (tertiary/aromatic N) is 1. The molecule has 0 saturated carbocycles. The molecule has 128 valence electrons. The molecular formula is C18H28N2O3. The normalized spacial score (nSPS) is 11.8. The van der Waals surface area contributed by atoms with E-state index in [1.165, 1.54) is 0 Å². The quantitative estimate of drug-likeness (QED) is 0.530. The van der Waals surface area contributed by atoms with Gasteiger partial charge in [0.15, 0.2) is 5.78 Å². The van der Waals surface area contributed by atoms with Crippen molar-refractivity contribution in [1.82, 2.24) is 5.32 Å². The highest BCUT2D eigenvalue weighted by atomic mass is 16.5. The predicted octanol–water partition coefficient (Wildman–Crippen LogP) is 2.65. The number of anilines is 1. The number of carbonyl (C=O) groups excluding carboxylic acids is 2. The maximum absolute atomic E-state index is 12.1. The van der Waals surface area contributed by atoms with Crippen molar-refractivity contribution < 1.29 is 14.3 Å². The highest BCUT2D eigenvalue weighted by Gasteiger charge is 2.14. The van der Waals surface area contributed by atoms with Crippen molar-refractivity contribution in [3.8, 4) is 0 Å². The molecule has 0 aliphatic rings. The number of likely N-dealkylation sites (N-methyl/N-ethyl adjacent to an activating group) is 1. The first kappa shape index (κ1) is 19.2. The fourth-order valence-electron chi connectivity index (χ4n) is 2.32. The molecule has 1 aromatic rings. The summed E-state index contributed by atoms with van der Waals surface area (Å²) in [5, 5.41) is 2.95. The van der Waals surface area contributed by atoms with Crippen LogP contribution < -0.4 is 10.2 Å². The summed E-state index contributed by atoms with van der Waals surface area (Å²) in [5.41, 5.74) is 1.71. The molecule has 0 aliphatic heterocycles. The second kappa shape index (κ2) is 10.0. The average Bonchev–Trinajstić information content (AvgIpc) is 2.57. The standard InChI is InChI=1S/C18H28N2O3/c1-5-12-20(13-11-17(21)23-6-2)16-9-7-15(8-10-16)18(22)14(3)19-4/h7-10,14,19H,5-6,11-13H2,1-4H3. The molecule has 5 heteroatoms. The molecule has 0 fully saturated rings. The third-order valence-electron chi connectivity index (χ3n) is 3.73. The zero-order valence-corrected chi connectivity index (χ0v) is 14.6. The van der Waals surface area contributed by atoms with E-state index >= 15 is 0 Å². The Bertz CT molecular complexity index is 499. The van der Waals surface area contributed by atoms with Crippen LogP contribution in [0.25, 0.3) is 0 Å². The van der Waals surface area contributed by atoms with Gasteiger partial charge in [0.25, 0.3) is 0 Å². The summed E-state index contributed by atoms with van der Waals surface area (Å²) in [6.45, 7) is 7.64. The van der Waals surface area contributed by atoms with Crippen LogP contribution in [0.5, 0.6) is 0 Å². The van der Waals surface area contributed by atoms with Crippen LogP contribution in [0.4, 0.5) is 5.69 Å². The molecule has 1 N–H and O–H groups in total. The topological polar surface area (TPSA) is 58.6 Å². The van der Waals surface area contributed by atoms with E-state index in [0.29, 0.717) is 25.1 Å². The van der Waals surface area contributed by atoms with Crippen molar-refractivity contribution in [2.45, 2.75) is 39.7 Å². The fourth-order valence-corrected chi connectivity index (χ4v) is 2.32. The number of carbonyl (C=O) groups is 2. The third kappa shape index (κ3) is 6.02. The van der Waals surface area contributed by atoms with Gasteiger partial charge in [0.2, 0.25) is 0 Å². The number of nitrogens with one attached hydrogen (secondary N) is 1. The monoisotopic (exact) mass is 320 g/mol. The average molecular weight is 320 g/mol. The number of rotatable bonds is 10. The summed E-state index contributed by atoms with van der Waals surface area (Å²) in [6, 6.07) is 7.38. The van der Waals surface area contributed by atoms with E-state index in [9.17, 15) is 9.59 Å². The van der Waals surface area contributed by atoms with Crippen LogP contribution >= 0.6 is 0 Å². The Morgan fingerprint density at radius 3 is 2.35 bits per heavy atom. The van der Waals surface area contributed by atoms with Gasteiger partial charge >= 0.3 is 5.97 Å². The minimum Gasteiger partial charge on any atom is -0.466 e. The van der Waals surface area contributed by atoms with Gasteiger partial charge in [-0.2, -0.15) is 0 Å². The lowest BCUT2D eigenvalue weighted by atomic mass is 10.0. The molecular weight excluding hydrogens is 292 g/mol. The fraction of sp³-hybridized carbons (Fsp3) is 0.556. The first-order valence-corrected chi connectivity index (χ1v) is 8.25. The number of hydrogen-bond acceptors (Lipinski definition) is 5. The number of esters is 1. The Kier molecular flexibility index (Phi) is 8.33. The van der Waals surface area contributed by atoms with Crippen LogP contribution in [0.15, 0.2) is 24.3 Å². The molecule has 5 nitrogen and oxygen atoms in total. The van der Waals surface area contributed by atoms with Gasteiger partial charge in [-0.1, -0.05) is 6.92 Å². The molecule has 0 saturated heterocycles. The highest BCUT2D eigenvalue weighted by Crippen LogP contribution is 2.17. The van der Waals surface area contributed by atoms with Crippen LogP contribution in [0, 0.1) is 0 Å². The van der Waals surface area contributed by atoms with Gasteiger partial charge in [-0.25, -0.2) is 0 Å². The summed E-state index contributed by atoms with van der Waals surface area (Å²) in [4.78, 5) is 25.8. The van der Waals surface area contributed by atoms with Crippen molar-refractivity contribution in [2.75, 3.05) is 31.6 Å². The summed E-state index contributed by atoms with van der Waals surface area (Å²) >= 11 is 0. The minimum atomic E-state index is -0.198. The van der Waals surface area contributed by atoms with Gasteiger partial charge in [-0.15, -0.1) is 0 Å². The Balaban J connectivity index is 2.76. The first-order chi connectivity index (χ1) is 11.0. The minimum absolute atomic E-state index is 0.0765. The van der Waals surface area contributed by atoms with Crippen LogP contribution in [-0.2, 0) is 9.53 Å². The Hall–Kier alpha value is -1.88. The van der Waals surface area contributed by atoms with E-state index in [1.54, 1.807) is 7.05 Å². The van der Waals surface area contributed by atoms with Crippen LogP contribution in [0.1, 0.15) is 44.0 Å². The van der Waals surface area contributed by atoms with E-state index in [4.69, 9.17) is 4.74 Å². The lowest BCUT2D eigenvalue weighted by Crippen LogP contribution is -2.31. The smallest absolute Gasteiger partial charge is 0.307 e. The van der Waals surface area contributed by atoms with E-state index in [0.717, 1.165) is 18.7 Å². The van der Waals surface area contributed by atoms with Crippen LogP contribution in [0.3, 0.4) is 0 Å². The van der Waals surface area contributed by atoms with Crippen molar-refractivity contribution in [1.29, 1.82) is 0 Å². The summed E-state index contributed by atoms with van der Waals surface area (Å²) in [6.07, 6.45) is 1.35. The summed E-state index contributed by atoms with van der Waals surface area (Å²) in [5.74, 6) is -0.101. The Morgan fingerprint density at radius 1 is 1.17 bits per heavy atom. The number of Topliss-reactive ketones (excluding diaryl/α,β-unsaturated/α-hetero) is 1. The van der Waals surface area contributed by atoms with Crippen molar-refractivity contribution in [2.24, 2.45) is 0 Å². The second-order valence-corrected chi connectivity index (χ2v) is 5.46. The molecule has 23 heavy (non-hydrogen) atoms. The summed E-state index contributed by atoms with van der Waals surface area (Å²) in [7, 11) is 1.77. The van der Waals surface area contributed by atoms with Gasteiger partial charge in [0, 0.05) is 24.3 Å². The molecule has 1 aromatic carbocycles. The van der Waals surface area contributed by atoms with Crippen LogP contribution in [0.2, 0.25) is 0 Å². The lowest BCUT2D eigenvalue weighted by Gasteiger charge is -2.24. The molecule has 1 unspecified atom stereocenters. The number of ether oxygens (including phenoxy) is 1. The SMILES string of the molecule is CCCN(CCC(=O)OCC)c1ccc(C(=O)C(C)NC)cc1. The Labute approximate surface area is 139 Å². The van der Waals surface area contributed by atoms with Gasteiger partial charge < -0.3 is 15.0 Å². The first-order valence-electron chi connectivity index (χ1n) is 8.25. The highest BCUT2D eigenvalue weighted by molar-refractivity contribution is 6.00. The summed E-state index contributed by atoms with van der Waals surface area (Å²) < 4.78 is 4.98. The maximum atomic E-state index is 12.1. The molecule has 1 atom stereocenters. The number of benzene rings is 1. The zero-order chi connectivity index (χ0) is 17.2. The third-order valence-corrected chi connectivity index (χ3v) is 3.73. The van der Waals surface area contributed by atoms with Crippen molar-refractivity contribution in [3.05, 3.63) is 29.8 Å². The number of hydrogen-bond donors (Lipinski definition) is 1. The lowest BCUT2D eigenvalue weighted by molar-refractivity contribution is -0.142. The Morgan fingerprint density at radius 2 is 1.83 bits per heavy atom. The molecule has 1 rings (SSSR count). The molecule has 0 heterocycles. The van der Waals surface area contributed by atoms with Crippen LogP contribution in [-0.4, -0.2) is 44.5 Å². The van der Waals surface area contributed by atoms with Gasteiger partial charge in [0.1, 0.15) is 0 Å². The van der Waals surface area contributed by atoms with Gasteiger partial charge in [-0.05, 0) is 51.6 Å². The van der Waals surface area contributed by atoms with Gasteiger partial charge in [0.05, 0.1) is 19.1 Å². The molecule has 0 amide bonds. The second-order valence-electron chi connectivity index (χ2n) is 5.46. The largest absolute Gasteiger partial charge is 0.466 e. The number of ketones is 1. The van der Waals surface area contributed by atoms with Crippen molar-refractivity contribution in [3.63, 3.8) is 0 Å². The van der Waals surface area contributed by atoms with E-state index in [-0.39, 0.29) is 17.8 Å². The molecule has 0 aliphatic carbocycles. The van der Waals surface area contributed by atoms with Gasteiger partial charge in [-0.3, -0.25) is 9.59 Å². The zero-order valence-electron chi connectivity index (χ0n) is 14.6. The van der Waals surface area contributed by atoms with E-state index in [2.05, 4.69) is 17.1 Å². The van der Waals surface area contributed by atoms with E-state index < -0.39 is 0 Å². The molecule has 0 radical (unpaired) electrons. The molecule has 0 spiro atoms. The maximum Gasteiger partial charge on any atom is 0.307 e. The molecule has 0 aromatic heterocycles. The molecule has 0 bridgehead atoms. The predicted molar refractivity (Wildman–Crippen MR) is 93.0 cm³/mol. The van der Waals surface area contributed by atoms with Crippen molar-refractivity contribution >= 4 is 17.4 Å². The van der Waals surface area contributed by atoms with E-state index in [1.807, 2.05) is 38.1 Å².